The largest absolute Gasteiger partial charge is 0.496 e. The van der Waals surface area contributed by atoms with Crippen LogP contribution in [0.15, 0.2) is 18.2 Å². The monoisotopic (exact) mass is 268 g/mol. The lowest BCUT2D eigenvalue weighted by molar-refractivity contribution is 0.241. The zero-order chi connectivity index (χ0) is 13.5. The Bertz CT molecular complexity index is 371. The summed E-state index contributed by atoms with van der Waals surface area (Å²) in [6.45, 7) is 3.12. The van der Waals surface area contributed by atoms with Crippen LogP contribution in [0.2, 0.25) is 0 Å². The minimum Gasteiger partial charge on any atom is -0.496 e. The molecule has 4 heteroatoms. The predicted octanol–water partition coefficient (Wildman–Crippen LogP) is 2.85. The molecule has 0 radical (unpaired) electrons. The first-order chi connectivity index (χ1) is 8.58. The van der Waals surface area contributed by atoms with Gasteiger partial charge in [-0.15, -0.1) is 0 Å². The van der Waals surface area contributed by atoms with Gasteiger partial charge in [-0.2, -0.15) is 11.8 Å². The van der Waals surface area contributed by atoms with E-state index in [4.69, 9.17) is 10.5 Å². The number of nitrogens with zero attached hydrogens (tertiary/aromatic N) is 1. The molecule has 1 unspecified atom stereocenters. The van der Waals surface area contributed by atoms with Gasteiger partial charge in [-0.1, -0.05) is 0 Å². The summed E-state index contributed by atoms with van der Waals surface area (Å²) in [4.78, 5) is 2.34. The maximum atomic E-state index is 5.84. The minimum absolute atomic E-state index is 0.559. The third-order valence-electron chi connectivity index (χ3n) is 3.22. The average Bonchev–Trinajstić information content (AvgIpc) is 2.36. The quantitative estimate of drug-likeness (QED) is 0.772. The van der Waals surface area contributed by atoms with Crippen molar-refractivity contribution in [2.24, 2.45) is 0 Å². The predicted molar refractivity (Wildman–Crippen MR) is 81.3 cm³/mol. The van der Waals surface area contributed by atoms with Gasteiger partial charge in [-0.05, 0) is 50.6 Å². The summed E-state index contributed by atoms with van der Waals surface area (Å²) >= 11 is 1.89. The number of anilines is 1. The van der Waals surface area contributed by atoms with Crippen molar-refractivity contribution in [3.05, 3.63) is 23.8 Å². The SMILES string of the molecule is COc1ccc(N)cc1CN(C)C(C)CCSC. The molecule has 0 bridgehead atoms. The molecule has 2 N–H and O–H groups in total. The number of hydrogen-bond acceptors (Lipinski definition) is 4. The summed E-state index contributed by atoms with van der Waals surface area (Å²) in [7, 11) is 3.85. The Morgan fingerprint density at radius 1 is 1.44 bits per heavy atom. The lowest BCUT2D eigenvalue weighted by Crippen LogP contribution is -2.29. The van der Waals surface area contributed by atoms with Crippen molar-refractivity contribution in [3.8, 4) is 5.75 Å². The van der Waals surface area contributed by atoms with Crippen LogP contribution in [0.4, 0.5) is 5.69 Å². The van der Waals surface area contributed by atoms with Crippen LogP contribution in [0.5, 0.6) is 5.75 Å². The van der Waals surface area contributed by atoms with E-state index < -0.39 is 0 Å². The molecule has 0 saturated heterocycles. The molecule has 1 aromatic carbocycles. The van der Waals surface area contributed by atoms with Crippen LogP contribution in [-0.2, 0) is 6.54 Å². The van der Waals surface area contributed by atoms with Crippen LogP contribution in [0.1, 0.15) is 18.9 Å². The summed E-state index contributed by atoms with van der Waals surface area (Å²) in [5.74, 6) is 2.10. The molecule has 0 amide bonds. The molecule has 0 aliphatic carbocycles. The summed E-state index contributed by atoms with van der Waals surface area (Å²) in [6.07, 6.45) is 3.34. The molecule has 0 heterocycles. The Morgan fingerprint density at radius 3 is 2.78 bits per heavy atom. The lowest BCUT2D eigenvalue weighted by Gasteiger charge is -2.25. The number of nitrogen functional groups attached to an aromatic ring is 1. The molecule has 102 valence electrons. The smallest absolute Gasteiger partial charge is 0.123 e. The first kappa shape index (κ1) is 15.2. The molecule has 0 saturated carbocycles. The van der Waals surface area contributed by atoms with E-state index in [1.807, 2.05) is 30.0 Å². The highest BCUT2D eigenvalue weighted by atomic mass is 32.2. The van der Waals surface area contributed by atoms with Gasteiger partial charge in [0, 0.05) is 23.8 Å². The third-order valence-corrected chi connectivity index (χ3v) is 3.86. The minimum atomic E-state index is 0.559. The second kappa shape index (κ2) is 7.54. The topological polar surface area (TPSA) is 38.5 Å². The summed E-state index contributed by atoms with van der Waals surface area (Å²) in [5.41, 5.74) is 7.77. The van der Waals surface area contributed by atoms with Crippen molar-refractivity contribution in [2.45, 2.75) is 25.9 Å². The van der Waals surface area contributed by atoms with Gasteiger partial charge in [0.05, 0.1) is 7.11 Å². The van der Waals surface area contributed by atoms with Crippen LogP contribution in [0.3, 0.4) is 0 Å². The second-order valence-corrected chi connectivity index (χ2v) is 5.60. The highest BCUT2D eigenvalue weighted by Crippen LogP contribution is 2.23. The second-order valence-electron chi connectivity index (χ2n) is 4.62. The number of hydrogen-bond donors (Lipinski definition) is 1. The Morgan fingerprint density at radius 2 is 2.17 bits per heavy atom. The zero-order valence-corrected chi connectivity index (χ0v) is 12.6. The van der Waals surface area contributed by atoms with Gasteiger partial charge < -0.3 is 10.5 Å². The van der Waals surface area contributed by atoms with Crippen molar-refractivity contribution >= 4 is 17.4 Å². The standard InChI is InChI=1S/C14H24N2OS/c1-11(7-8-18-4)16(2)10-12-9-13(15)5-6-14(12)17-3/h5-6,9,11H,7-8,10,15H2,1-4H3. The van der Waals surface area contributed by atoms with Gasteiger partial charge >= 0.3 is 0 Å². The molecular formula is C14H24N2OS. The third kappa shape index (κ3) is 4.42. The maximum absolute atomic E-state index is 5.84. The van der Waals surface area contributed by atoms with Crippen molar-refractivity contribution in [3.63, 3.8) is 0 Å². The highest BCUT2D eigenvalue weighted by Gasteiger charge is 2.12. The number of benzene rings is 1. The number of rotatable bonds is 7. The van der Waals surface area contributed by atoms with Crippen molar-refractivity contribution in [2.75, 3.05) is 31.9 Å². The van der Waals surface area contributed by atoms with Gasteiger partial charge in [0.1, 0.15) is 5.75 Å². The first-order valence-electron chi connectivity index (χ1n) is 6.20. The average molecular weight is 268 g/mol. The van der Waals surface area contributed by atoms with Crippen LogP contribution >= 0.6 is 11.8 Å². The van der Waals surface area contributed by atoms with Gasteiger partial charge in [0.2, 0.25) is 0 Å². The van der Waals surface area contributed by atoms with E-state index in [1.54, 1.807) is 7.11 Å². The molecule has 3 nitrogen and oxygen atoms in total. The number of nitrogens with two attached hydrogens (primary N) is 1. The van der Waals surface area contributed by atoms with E-state index in [0.717, 1.165) is 23.5 Å². The summed E-state index contributed by atoms with van der Waals surface area (Å²) in [5, 5.41) is 0. The summed E-state index contributed by atoms with van der Waals surface area (Å²) < 4.78 is 5.38. The van der Waals surface area contributed by atoms with E-state index >= 15 is 0 Å². The Labute approximate surface area is 115 Å². The van der Waals surface area contributed by atoms with Gasteiger partial charge in [-0.25, -0.2) is 0 Å². The Kier molecular flexibility index (Phi) is 6.36. The van der Waals surface area contributed by atoms with Gasteiger partial charge in [-0.3, -0.25) is 4.90 Å². The van der Waals surface area contributed by atoms with E-state index in [-0.39, 0.29) is 0 Å². The molecule has 1 aromatic rings. The van der Waals surface area contributed by atoms with Gasteiger partial charge in [0.15, 0.2) is 0 Å². The molecule has 1 rings (SSSR count). The normalized spacial score (nSPS) is 12.7. The number of thioether (sulfide) groups is 1. The fourth-order valence-electron chi connectivity index (χ4n) is 1.86. The molecule has 0 spiro atoms. The summed E-state index contributed by atoms with van der Waals surface area (Å²) in [6, 6.07) is 6.37. The zero-order valence-electron chi connectivity index (χ0n) is 11.8. The highest BCUT2D eigenvalue weighted by molar-refractivity contribution is 7.98. The molecule has 18 heavy (non-hydrogen) atoms. The van der Waals surface area contributed by atoms with Gasteiger partial charge in [0.25, 0.3) is 0 Å². The molecular weight excluding hydrogens is 244 g/mol. The van der Waals surface area contributed by atoms with Crippen LogP contribution in [-0.4, -0.2) is 37.1 Å². The molecule has 0 aliphatic heterocycles. The number of ether oxygens (including phenoxy) is 1. The Balaban J connectivity index is 2.68. The maximum Gasteiger partial charge on any atom is 0.123 e. The molecule has 1 atom stereocenters. The van der Waals surface area contributed by atoms with Crippen LogP contribution < -0.4 is 10.5 Å². The molecule has 0 aliphatic rings. The van der Waals surface area contributed by atoms with E-state index in [9.17, 15) is 0 Å². The van der Waals surface area contributed by atoms with Crippen molar-refractivity contribution in [1.29, 1.82) is 0 Å². The van der Waals surface area contributed by atoms with E-state index in [2.05, 4.69) is 25.1 Å². The van der Waals surface area contributed by atoms with Crippen LogP contribution in [0, 0.1) is 0 Å². The fraction of sp³-hybridized carbons (Fsp3) is 0.571. The fourth-order valence-corrected chi connectivity index (χ4v) is 2.43. The molecule has 0 aromatic heterocycles. The van der Waals surface area contributed by atoms with E-state index in [1.165, 1.54) is 12.2 Å². The number of methoxy groups -OCH3 is 1. The first-order valence-corrected chi connectivity index (χ1v) is 7.59. The van der Waals surface area contributed by atoms with Crippen LogP contribution in [0.25, 0.3) is 0 Å². The lowest BCUT2D eigenvalue weighted by atomic mass is 10.1. The van der Waals surface area contributed by atoms with E-state index in [0.29, 0.717) is 6.04 Å². The molecule has 0 fully saturated rings. The van der Waals surface area contributed by atoms with Crippen molar-refractivity contribution in [1.82, 2.24) is 4.90 Å². The van der Waals surface area contributed by atoms with Crippen molar-refractivity contribution < 1.29 is 4.74 Å². The Hall–Kier alpha value is -0.870.